The quantitative estimate of drug-likeness (QED) is 0.555. The number of nitrogens with zero attached hydrogens (tertiary/aromatic N) is 2. The van der Waals surface area contributed by atoms with Gasteiger partial charge in [-0.1, -0.05) is 22.9 Å². The first kappa shape index (κ1) is 19.0. The molecule has 3 rings (SSSR count). The lowest BCUT2D eigenvalue weighted by Gasteiger charge is -2.45. The van der Waals surface area contributed by atoms with Crippen molar-refractivity contribution < 1.29 is 4.74 Å². The standard InChI is InChI=1S/C22H27BrN2O/c1-14-9-17(23)7-8-19(14)24-13-16-10-18-15(2)12-22(3,4)25(5)20(18)11-21(16)26-6/h7-11,13,15H,12H2,1-6H3. The van der Waals surface area contributed by atoms with Crippen LogP contribution in [0.5, 0.6) is 5.75 Å². The predicted molar refractivity (Wildman–Crippen MR) is 115 cm³/mol. The SMILES string of the molecule is COc1cc2c(cc1C=Nc1ccc(Br)cc1C)C(C)CC(C)(C)N2C. The van der Waals surface area contributed by atoms with E-state index in [2.05, 4.69) is 73.8 Å². The summed E-state index contributed by atoms with van der Waals surface area (Å²) in [6.45, 7) is 8.97. The van der Waals surface area contributed by atoms with Crippen LogP contribution in [0.25, 0.3) is 0 Å². The molecule has 4 heteroatoms. The van der Waals surface area contributed by atoms with Crippen LogP contribution in [0.2, 0.25) is 0 Å². The number of hydrogen-bond donors (Lipinski definition) is 0. The minimum Gasteiger partial charge on any atom is -0.496 e. The normalized spacial score (nSPS) is 18.9. The van der Waals surface area contributed by atoms with Gasteiger partial charge in [0.2, 0.25) is 0 Å². The molecule has 2 aromatic rings. The zero-order valence-corrected chi connectivity index (χ0v) is 18.0. The van der Waals surface area contributed by atoms with Crippen LogP contribution in [0.4, 0.5) is 11.4 Å². The summed E-state index contributed by atoms with van der Waals surface area (Å²) in [5.41, 5.74) is 5.89. The van der Waals surface area contributed by atoms with Crippen LogP contribution in [0.1, 0.15) is 49.8 Å². The fourth-order valence-corrected chi connectivity index (χ4v) is 4.27. The van der Waals surface area contributed by atoms with Crippen LogP contribution in [0, 0.1) is 6.92 Å². The van der Waals surface area contributed by atoms with Crippen LogP contribution in [-0.4, -0.2) is 25.9 Å². The first-order valence-corrected chi connectivity index (χ1v) is 9.78. The highest BCUT2D eigenvalue weighted by Gasteiger charge is 2.34. The second-order valence-electron chi connectivity index (χ2n) is 7.82. The van der Waals surface area contributed by atoms with E-state index in [-0.39, 0.29) is 5.54 Å². The fourth-order valence-electron chi connectivity index (χ4n) is 3.79. The number of aryl methyl sites for hydroxylation is 1. The largest absolute Gasteiger partial charge is 0.496 e. The highest BCUT2D eigenvalue weighted by molar-refractivity contribution is 9.10. The highest BCUT2D eigenvalue weighted by Crippen LogP contribution is 2.44. The van der Waals surface area contributed by atoms with E-state index in [0.29, 0.717) is 5.92 Å². The van der Waals surface area contributed by atoms with E-state index in [0.717, 1.165) is 33.5 Å². The second-order valence-corrected chi connectivity index (χ2v) is 8.73. The van der Waals surface area contributed by atoms with Crippen molar-refractivity contribution in [3.05, 3.63) is 51.5 Å². The van der Waals surface area contributed by atoms with Gasteiger partial charge < -0.3 is 9.64 Å². The lowest BCUT2D eigenvalue weighted by Crippen LogP contribution is -2.45. The van der Waals surface area contributed by atoms with Crippen LogP contribution in [-0.2, 0) is 0 Å². The molecule has 0 radical (unpaired) electrons. The smallest absolute Gasteiger partial charge is 0.129 e. The van der Waals surface area contributed by atoms with Crippen molar-refractivity contribution in [1.82, 2.24) is 0 Å². The second kappa shape index (κ2) is 7.07. The van der Waals surface area contributed by atoms with Crippen molar-refractivity contribution in [1.29, 1.82) is 0 Å². The molecule has 0 saturated carbocycles. The van der Waals surface area contributed by atoms with Gasteiger partial charge in [0.25, 0.3) is 0 Å². The molecule has 0 saturated heterocycles. The lowest BCUT2D eigenvalue weighted by atomic mass is 9.80. The van der Waals surface area contributed by atoms with Crippen LogP contribution in [0.15, 0.2) is 39.8 Å². The van der Waals surface area contributed by atoms with Crippen LogP contribution < -0.4 is 9.64 Å². The number of aliphatic imine (C=N–C) groups is 1. The minimum atomic E-state index is 0.140. The maximum Gasteiger partial charge on any atom is 0.129 e. The molecule has 0 aliphatic carbocycles. The number of fused-ring (bicyclic) bond motifs is 1. The highest BCUT2D eigenvalue weighted by atomic mass is 79.9. The Labute approximate surface area is 165 Å². The van der Waals surface area contributed by atoms with Crippen molar-refractivity contribution in [3.63, 3.8) is 0 Å². The number of methoxy groups -OCH3 is 1. The molecule has 1 aliphatic rings. The topological polar surface area (TPSA) is 24.8 Å². The summed E-state index contributed by atoms with van der Waals surface area (Å²) in [5, 5.41) is 0. The van der Waals surface area contributed by atoms with Crippen molar-refractivity contribution in [2.24, 2.45) is 4.99 Å². The molecule has 1 aliphatic heterocycles. The van der Waals surface area contributed by atoms with Gasteiger partial charge >= 0.3 is 0 Å². The first-order chi connectivity index (χ1) is 12.2. The number of hydrogen-bond acceptors (Lipinski definition) is 3. The molecule has 138 valence electrons. The summed E-state index contributed by atoms with van der Waals surface area (Å²) in [7, 11) is 3.89. The zero-order chi connectivity index (χ0) is 19.1. The van der Waals surface area contributed by atoms with Gasteiger partial charge in [0, 0.05) is 40.6 Å². The van der Waals surface area contributed by atoms with E-state index in [1.165, 1.54) is 11.3 Å². The van der Waals surface area contributed by atoms with Gasteiger partial charge in [-0.25, -0.2) is 0 Å². The minimum absolute atomic E-state index is 0.140. The molecule has 3 nitrogen and oxygen atoms in total. The molecule has 0 bridgehead atoms. The molecule has 1 heterocycles. The van der Waals surface area contributed by atoms with Crippen LogP contribution in [0.3, 0.4) is 0 Å². The summed E-state index contributed by atoms with van der Waals surface area (Å²) in [5.74, 6) is 1.36. The Morgan fingerprint density at radius 2 is 2.00 bits per heavy atom. The van der Waals surface area contributed by atoms with Crippen molar-refractivity contribution in [2.45, 2.75) is 45.6 Å². The molecule has 0 spiro atoms. The summed E-state index contributed by atoms with van der Waals surface area (Å²) in [4.78, 5) is 7.07. The number of ether oxygens (including phenoxy) is 1. The Morgan fingerprint density at radius 3 is 2.65 bits per heavy atom. The summed E-state index contributed by atoms with van der Waals surface area (Å²) in [6, 6.07) is 10.5. The molecule has 0 aromatic heterocycles. The van der Waals surface area contributed by atoms with E-state index >= 15 is 0 Å². The number of halogens is 1. The van der Waals surface area contributed by atoms with E-state index in [1.807, 2.05) is 18.3 Å². The van der Waals surface area contributed by atoms with E-state index < -0.39 is 0 Å². The van der Waals surface area contributed by atoms with E-state index in [4.69, 9.17) is 9.73 Å². The summed E-state index contributed by atoms with van der Waals surface area (Å²) < 4.78 is 6.74. The van der Waals surface area contributed by atoms with Gasteiger partial charge in [0.15, 0.2) is 0 Å². The fraction of sp³-hybridized carbons (Fsp3) is 0.409. The molecule has 0 amide bonds. The lowest BCUT2D eigenvalue weighted by molar-refractivity contribution is 0.389. The maximum atomic E-state index is 5.68. The predicted octanol–water partition coefficient (Wildman–Crippen LogP) is 6.24. The van der Waals surface area contributed by atoms with Gasteiger partial charge in [-0.05, 0) is 68.5 Å². The Kier molecular flexibility index (Phi) is 5.16. The average Bonchev–Trinajstić information content (AvgIpc) is 2.58. The van der Waals surface area contributed by atoms with Gasteiger partial charge in [-0.15, -0.1) is 0 Å². The number of benzene rings is 2. The number of anilines is 1. The van der Waals surface area contributed by atoms with Gasteiger partial charge in [-0.2, -0.15) is 0 Å². The summed E-state index contributed by atoms with van der Waals surface area (Å²) >= 11 is 3.50. The molecular weight excluding hydrogens is 388 g/mol. The molecule has 1 unspecified atom stereocenters. The van der Waals surface area contributed by atoms with Crippen LogP contribution >= 0.6 is 15.9 Å². The number of rotatable bonds is 3. The van der Waals surface area contributed by atoms with Crippen molar-refractivity contribution in [3.8, 4) is 5.75 Å². The van der Waals surface area contributed by atoms with Gasteiger partial charge in [0.05, 0.1) is 12.8 Å². The van der Waals surface area contributed by atoms with Crippen molar-refractivity contribution in [2.75, 3.05) is 19.1 Å². The third-order valence-corrected chi connectivity index (χ3v) is 5.98. The first-order valence-electron chi connectivity index (χ1n) is 8.99. The third-order valence-electron chi connectivity index (χ3n) is 5.49. The Bertz CT molecular complexity index is 857. The van der Waals surface area contributed by atoms with E-state index in [9.17, 15) is 0 Å². The molecule has 26 heavy (non-hydrogen) atoms. The molecule has 0 N–H and O–H groups in total. The molecule has 1 atom stereocenters. The summed E-state index contributed by atoms with van der Waals surface area (Å²) in [6.07, 6.45) is 3.05. The molecule has 0 fully saturated rings. The van der Waals surface area contributed by atoms with E-state index in [1.54, 1.807) is 7.11 Å². The Balaban J connectivity index is 2.03. The molecular formula is C22H27BrN2O. The van der Waals surface area contributed by atoms with Gasteiger partial charge in [0.1, 0.15) is 5.75 Å². The zero-order valence-electron chi connectivity index (χ0n) is 16.4. The average molecular weight is 415 g/mol. The Hall–Kier alpha value is -1.81. The third kappa shape index (κ3) is 3.52. The monoisotopic (exact) mass is 414 g/mol. The maximum absolute atomic E-state index is 5.68. The Morgan fingerprint density at radius 1 is 1.27 bits per heavy atom. The van der Waals surface area contributed by atoms with Crippen molar-refractivity contribution >= 4 is 33.5 Å². The molecule has 2 aromatic carbocycles. The van der Waals surface area contributed by atoms with Gasteiger partial charge in [-0.3, -0.25) is 4.99 Å².